The van der Waals surface area contributed by atoms with Crippen molar-refractivity contribution in [2.75, 3.05) is 32.8 Å². The molecule has 0 radical (unpaired) electrons. The van der Waals surface area contributed by atoms with Crippen LogP contribution in [-0.4, -0.2) is 90.0 Å². The van der Waals surface area contributed by atoms with E-state index in [1.165, 1.54) is 11.3 Å². The first-order valence-electron chi connectivity index (χ1n) is 13.1. The molecule has 1 aliphatic heterocycles. The molecule has 202 valence electrons. The van der Waals surface area contributed by atoms with E-state index in [0.717, 1.165) is 45.1 Å². The number of hydrazone groups is 1. The first-order valence-corrected chi connectivity index (χ1v) is 13.1. The second-order valence-corrected chi connectivity index (χ2v) is 10.2. The summed E-state index contributed by atoms with van der Waals surface area (Å²) in [4.78, 5) is 53.1. The SMILES string of the molecule is NN=CN1CCC[C@@H](CNC(=O)C[C@H](NC(=O)OCC2CCCCC2)C(=O)N(CC(=O)O)C2CC2)C1. The van der Waals surface area contributed by atoms with Crippen LogP contribution in [0.5, 0.6) is 0 Å². The maximum Gasteiger partial charge on any atom is 0.407 e. The van der Waals surface area contributed by atoms with Gasteiger partial charge in [-0.25, -0.2) is 4.79 Å². The van der Waals surface area contributed by atoms with Crippen LogP contribution in [0.3, 0.4) is 0 Å². The summed E-state index contributed by atoms with van der Waals surface area (Å²) in [6.07, 6.45) is 9.25. The van der Waals surface area contributed by atoms with Crippen molar-refractivity contribution >= 4 is 30.2 Å². The number of nitrogens with one attached hydrogen (secondary N) is 2. The second kappa shape index (κ2) is 13.9. The summed E-state index contributed by atoms with van der Waals surface area (Å²) < 4.78 is 5.37. The predicted octanol–water partition coefficient (Wildman–Crippen LogP) is 0.857. The fraction of sp³-hybridized carbons (Fsp3) is 0.792. The molecule has 2 saturated carbocycles. The maximum atomic E-state index is 13.2. The lowest BCUT2D eigenvalue weighted by Crippen LogP contribution is -2.52. The van der Waals surface area contributed by atoms with Gasteiger partial charge in [0.1, 0.15) is 18.9 Å². The average Bonchev–Trinajstić information content (AvgIpc) is 3.70. The largest absolute Gasteiger partial charge is 0.480 e. The molecule has 3 aliphatic rings. The predicted molar refractivity (Wildman–Crippen MR) is 132 cm³/mol. The molecular formula is C24H40N6O6. The summed E-state index contributed by atoms with van der Waals surface area (Å²) in [6, 6.07) is -1.38. The van der Waals surface area contributed by atoms with Crippen LogP contribution < -0.4 is 16.5 Å². The summed E-state index contributed by atoms with van der Waals surface area (Å²) in [5.74, 6) is 3.64. The summed E-state index contributed by atoms with van der Waals surface area (Å²) in [6.45, 7) is 1.78. The van der Waals surface area contributed by atoms with Crippen LogP contribution in [0.15, 0.2) is 5.10 Å². The molecule has 1 heterocycles. The van der Waals surface area contributed by atoms with Gasteiger partial charge in [0.2, 0.25) is 11.8 Å². The molecule has 3 fully saturated rings. The number of likely N-dealkylation sites (tertiary alicyclic amines) is 1. The zero-order valence-electron chi connectivity index (χ0n) is 20.9. The monoisotopic (exact) mass is 508 g/mol. The summed E-state index contributed by atoms with van der Waals surface area (Å²) in [7, 11) is 0. The number of nitrogens with two attached hydrogens (primary N) is 1. The Morgan fingerprint density at radius 1 is 1.08 bits per heavy atom. The molecule has 0 aromatic rings. The van der Waals surface area contributed by atoms with Crippen molar-refractivity contribution in [2.24, 2.45) is 22.8 Å². The molecule has 36 heavy (non-hydrogen) atoms. The number of carbonyl (C=O) groups is 4. The normalized spacial score (nSPS) is 21.6. The van der Waals surface area contributed by atoms with Gasteiger partial charge in [-0.05, 0) is 50.4 Å². The molecule has 0 bridgehead atoms. The Hall–Kier alpha value is -3.05. The number of nitrogens with zero attached hydrogens (tertiary/aromatic N) is 3. The average molecular weight is 509 g/mol. The number of carboxylic acids is 1. The quantitative estimate of drug-likeness (QED) is 0.130. The highest BCUT2D eigenvalue weighted by molar-refractivity contribution is 5.92. The number of amides is 3. The third kappa shape index (κ3) is 9.19. The number of aliphatic carboxylic acids is 1. The van der Waals surface area contributed by atoms with Crippen LogP contribution >= 0.6 is 0 Å². The third-order valence-electron chi connectivity index (χ3n) is 7.10. The fourth-order valence-electron chi connectivity index (χ4n) is 5.03. The van der Waals surface area contributed by atoms with E-state index >= 15 is 0 Å². The van der Waals surface area contributed by atoms with Crippen LogP contribution in [-0.2, 0) is 19.1 Å². The Kier molecular flexibility index (Phi) is 10.6. The van der Waals surface area contributed by atoms with Crippen molar-refractivity contribution in [3.8, 4) is 0 Å². The Morgan fingerprint density at radius 3 is 2.47 bits per heavy atom. The van der Waals surface area contributed by atoms with E-state index in [9.17, 15) is 24.3 Å². The van der Waals surface area contributed by atoms with E-state index in [4.69, 9.17) is 10.6 Å². The Balaban J connectivity index is 1.56. The van der Waals surface area contributed by atoms with E-state index in [0.29, 0.717) is 31.8 Å². The number of hydrogen-bond donors (Lipinski definition) is 4. The molecular weight excluding hydrogens is 468 g/mol. The highest BCUT2D eigenvalue weighted by Crippen LogP contribution is 2.28. The number of alkyl carbamates (subject to hydrolysis) is 1. The minimum atomic E-state index is -1.20. The first-order chi connectivity index (χ1) is 17.4. The molecule has 12 heteroatoms. The van der Waals surface area contributed by atoms with Gasteiger partial charge in [0, 0.05) is 25.7 Å². The Bertz CT molecular complexity index is 798. The second-order valence-electron chi connectivity index (χ2n) is 10.2. The lowest BCUT2D eigenvalue weighted by atomic mass is 9.90. The molecule has 3 rings (SSSR count). The van der Waals surface area contributed by atoms with Gasteiger partial charge in [0.05, 0.1) is 13.0 Å². The molecule has 5 N–H and O–H groups in total. The molecule has 2 atom stereocenters. The van der Waals surface area contributed by atoms with Gasteiger partial charge in [-0.15, -0.1) is 0 Å². The lowest BCUT2D eigenvalue weighted by molar-refractivity contribution is -0.146. The van der Waals surface area contributed by atoms with Gasteiger partial charge in [0.25, 0.3) is 0 Å². The molecule has 0 aromatic carbocycles. The minimum Gasteiger partial charge on any atom is -0.480 e. The van der Waals surface area contributed by atoms with E-state index in [-0.39, 0.29) is 25.0 Å². The van der Waals surface area contributed by atoms with Crippen molar-refractivity contribution < 1.29 is 29.0 Å². The van der Waals surface area contributed by atoms with Gasteiger partial charge < -0.3 is 36.1 Å². The molecule has 3 amide bonds. The number of piperidine rings is 1. The smallest absolute Gasteiger partial charge is 0.407 e. The Labute approximate surface area is 211 Å². The molecule has 0 aromatic heterocycles. The van der Waals surface area contributed by atoms with Crippen molar-refractivity contribution in [3.63, 3.8) is 0 Å². The minimum absolute atomic E-state index is 0.184. The van der Waals surface area contributed by atoms with E-state index in [1.807, 2.05) is 4.90 Å². The van der Waals surface area contributed by atoms with Gasteiger partial charge in [-0.3, -0.25) is 14.4 Å². The van der Waals surface area contributed by atoms with Crippen LogP contribution in [0.2, 0.25) is 0 Å². The molecule has 2 aliphatic carbocycles. The molecule has 0 unspecified atom stereocenters. The number of carbonyl (C=O) groups excluding carboxylic acids is 3. The molecule has 1 saturated heterocycles. The first kappa shape index (κ1) is 27.5. The number of hydrogen-bond acceptors (Lipinski definition) is 7. The van der Waals surface area contributed by atoms with Crippen LogP contribution in [0, 0.1) is 11.8 Å². The van der Waals surface area contributed by atoms with Gasteiger partial charge in [-0.1, -0.05) is 19.3 Å². The lowest BCUT2D eigenvalue weighted by Gasteiger charge is -2.31. The van der Waals surface area contributed by atoms with Crippen molar-refractivity contribution in [3.05, 3.63) is 0 Å². The zero-order chi connectivity index (χ0) is 25.9. The number of rotatable bonds is 12. The summed E-state index contributed by atoms with van der Waals surface area (Å²) in [5.41, 5.74) is 0. The summed E-state index contributed by atoms with van der Waals surface area (Å²) >= 11 is 0. The highest BCUT2D eigenvalue weighted by Gasteiger charge is 2.38. The number of carboxylic acid groups (broad SMARTS) is 1. The van der Waals surface area contributed by atoms with Crippen LogP contribution in [0.4, 0.5) is 4.79 Å². The van der Waals surface area contributed by atoms with E-state index < -0.39 is 36.5 Å². The van der Waals surface area contributed by atoms with E-state index in [2.05, 4.69) is 15.7 Å². The maximum absolute atomic E-state index is 13.2. The summed E-state index contributed by atoms with van der Waals surface area (Å²) in [5, 5.41) is 18.2. The van der Waals surface area contributed by atoms with Crippen molar-refractivity contribution in [1.29, 1.82) is 0 Å². The van der Waals surface area contributed by atoms with Gasteiger partial charge >= 0.3 is 12.1 Å². The third-order valence-corrected chi connectivity index (χ3v) is 7.10. The van der Waals surface area contributed by atoms with Gasteiger partial charge in [0.15, 0.2) is 0 Å². The van der Waals surface area contributed by atoms with Crippen LogP contribution in [0.1, 0.15) is 64.2 Å². The van der Waals surface area contributed by atoms with Crippen molar-refractivity contribution in [1.82, 2.24) is 20.4 Å². The van der Waals surface area contributed by atoms with Crippen molar-refractivity contribution in [2.45, 2.75) is 76.3 Å². The van der Waals surface area contributed by atoms with E-state index in [1.54, 1.807) is 6.34 Å². The zero-order valence-corrected chi connectivity index (χ0v) is 20.9. The fourth-order valence-corrected chi connectivity index (χ4v) is 5.03. The Morgan fingerprint density at radius 2 is 1.81 bits per heavy atom. The highest BCUT2D eigenvalue weighted by atomic mass is 16.5. The number of ether oxygens (including phenoxy) is 1. The van der Waals surface area contributed by atoms with Gasteiger partial charge in [-0.2, -0.15) is 5.10 Å². The standard InChI is InChI=1S/C24H40N6O6/c25-27-16-29-10-4-7-18(13-29)12-26-21(31)11-20(23(34)30(14-22(32)33)19-8-9-19)28-24(35)36-15-17-5-2-1-3-6-17/h16-20H,1-15,25H2,(H,26,31)(H,28,35)(H,32,33)/t18-,20-/m0/s1. The molecule has 12 nitrogen and oxygen atoms in total. The van der Waals surface area contributed by atoms with Crippen LogP contribution in [0.25, 0.3) is 0 Å². The topological polar surface area (TPSA) is 167 Å². The molecule has 0 spiro atoms.